The minimum absolute atomic E-state index is 0.613. The summed E-state index contributed by atoms with van der Waals surface area (Å²) in [7, 11) is 3.88. The van der Waals surface area contributed by atoms with Crippen molar-refractivity contribution in [2.75, 3.05) is 11.9 Å². The monoisotopic (exact) mass is 227 g/mol. The highest BCUT2D eigenvalue weighted by Gasteiger charge is 2.07. The molecule has 0 saturated carbocycles. The van der Waals surface area contributed by atoms with Crippen LogP contribution in [0.2, 0.25) is 0 Å². The van der Waals surface area contributed by atoms with Crippen molar-refractivity contribution >= 4 is 5.82 Å². The summed E-state index contributed by atoms with van der Waals surface area (Å²) >= 11 is 0. The Morgan fingerprint density at radius 1 is 1.41 bits per heavy atom. The van der Waals surface area contributed by atoms with Crippen LogP contribution in [0.4, 0.5) is 5.82 Å². The van der Waals surface area contributed by atoms with Crippen LogP contribution in [0.25, 0.3) is 0 Å². The van der Waals surface area contributed by atoms with Gasteiger partial charge >= 0.3 is 0 Å². The van der Waals surface area contributed by atoms with Crippen LogP contribution in [0.3, 0.4) is 0 Å². The van der Waals surface area contributed by atoms with Gasteiger partial charge in [0.25, 0.3) is 0 Å². The summed E-state index contributed by atoms with van der Waals surface area (Å²) in [6.07, 6.45) is 5.31. The highest BCUT2D eigenvalue weighted by molar-refractivity contribution is 5.44. The Kier molecular flexibility index (Phi) is 3.06. The lowest BCUT2D eigenvalue weighted by atomic mass is 10.3. The Labute approximate surface area is 100.0 Å². The number of aryl methyl sites for hydroxylation is 1. The molecule has 0 aliphatic heterocycles. The number of rotatable bonds is 3. The maximum atomic E-state index is 8.83. The molecule has 2 rings (SSSR count). The first-order chi connectivity index (χ1) is 8.20. The largest absolute Gasteiger partial charge is 0.352 e. The fourth-order valence-corrected chi connectivity index (χ4v) is 1.54. The van der Waals surface area contributed by atoms with E-state index in [2.05, 4.69) is 16.0 Å². The summed E-state index contributed by atoms with van der Waals surface area (Å²) < 4.78 is 1.96. The molecule has 0 radical (unpaired) electrons. The molecule has 0 bridgehead atoms. The number of imidazole rings is 1. The zero-order valence-corrected chi connectivity index (χ0v) is 9.83. The van der Waals surface area contributed by atoms with Crippen molar-refractivity contribution in [3.05, 3.63) is 42.1 Å². The Bertz CT molecular complexity index is 552. The number of pyridine rings is 1. The Hall–Kier alpha value is -2.35. The predicted octanol–water partition coefficient (Wildman–Crippen LogP) is 1.32. The van der Waals surface area contributed by atoms with Crippen LogP contribution in [0.15, 0.2) is 30.7 Å². The Balaban J connectivity index is 2.17. The van der Waals surface area contributed by atoms with Crippen molar-refractivity contribution in [2.24, 2.45) is 7.05 Å². The van der Waals surface area contributed by atoms with E-state index in [1.165, 1.54) is 0 Å². The average Bonchev–Trinajstić information content (AvgIpc) is 2.75. The highest BCUT2D eigenvalue weighted by atomic mass is 15.2. The van der Waals surface area contributed by atoms with E-state index in [4.69, 9.17) is 5.26 Å². The number of hydrogen-bond donors (Lipinski definition) is 0. The van der Waals surface area contributed by atoms with Crippen molar-refractivity contribution in [3.8, 4) is 6.07 Å². The van der Waals surface area contributed by atoms with E-state index in [9.17, 15) is 0 Å². The summed E-state index contributed by atoms with van der Waals surface area (Å²) in [6.45, 7) is 0.658. The first-order valence-electron chi connectivity index (χ1n) is 5.24. The van der Waals surface area contributed by atoms with Gasteiger partial charge in [-0.3, -0.25) is 0 Å². The minimum atomic E-state index is 0.613. The SMILES string of the molecule is CN(Cc1nccn1C)c1cc(C#N)ccn1. The molecule has 0 unspecified atom stereocenters. The number of aromatic nitrogens is 3. The predicted molar refractivity (Wildman–Crippen MR) is 64.3 cm³/mol. The summed E-state index contributed by atoms with van der Waals surface area (Å²) in [6, 6.07) is 5.56. The second-order valence-corrected chi connectivity index (χ2v) is 3.82. The molecule has 0 aliphatic rings. The van der Waals surface area contributed by atoms with E-state index in [1.54, 1.807) is 24.5 Å². The molecule has 0 atom stereocenters. The van der Waals surface area contributed by atoms with E-state index in [-0.39, 0.29) is 0 Å². The van der Waals surface area contributed by atoms with Crippen LogP contribution in [0, 0.1) is 11.3 Å². The Morgan fingerprint density at radius 3 is 2.88 bits per heavy atom. The third-order valence-corrected chi connectivity index (χ3v) is 2.57. The first-order valence-corrected chi connectivity index (χ1v) is 5.24. The molecule has 0 spiro atoms. The molecule has 17 heavy (non-hydrogen) atoms. The molecule has 0 fully saturated rings. The van der Waals surface area contributed by atoms with E-state index >= 15 is 0 Å². The fraction of sp³-hybridized carbons (Fsp3) is 0.250. The number of hydrogen-bond acceptors (Lipinski definition) is 4. The third-order valence-electron chi connectivity index (χ3n) is 2.57. The molecule has 2 heterocycles. The van der Waals surface area contributed by atoms with Crippen molar-refractivity contribution in [2.45, 2.75) is 6.54 Å². The van der Waals surface area contributed by atoms with Crippen LogP contribution in [0.1, 0.15) is 11.4 Å². The molecule has 5 nitrogen and oxygen atoms in total. The maximum absolute atomic E-state index is 8.83. The lowest BCUT2D eigenvalue weighted by Gasteiger charge is -2.17. The van der Waals surface area contributed by atoms with Gasteiger partial charge in [-0.2, -0.15) is 5.26 Å². The van der Waals surface area contributed by atoms with Crippen LogP contribution in [-0.4, -0.2) is 21.6 Å². The highest BCUT2D eigenvalue weighted by Crippen LogP contribution is 2.12. The van der Waals surface area contributed by atoms with E-state index in [0.29, 0.717) is 12.1 Å². The van der Waals surface area contributed by atoms with E-state index in [1.807, 2.05) is 29.8 Å². The van der Waals surface area contributed by atoms with E-state index < -0.39 is 0 Å². The molecule has 2 aromatic rings. The molecule has 86 valence electrons. The normalized spacial score (nSPS) is 9.94. The lowest BCUT2D eigenvalue weighted by Crippen LogP contribution is -2.20. The second-order valence-electron chi connectivity index (χ2n) is 3.82. The Morgan fingerprint density at radius 2 is 2.24 bits per heavy atom. The standard InChI is InChI=1S/C12H13N5/c1-16-6-5-15-12(16)9-17(2)11-7-10(8-13)3-4-14-11/h3-7H,9H2,1-2H3. The van der Waals surface area contributed by atoms with Gasteiger partial charge in [-0.25, -0.2) is 9.97 Å². The number of nitriles is 1. The summed E-state index contributed by atoms with van der Waals surface area (Å²) in [5.41, 5.74) is 0.613. The van der Waals surface area contributed by atoms with Gasteiger partial charge in [0.2, 0.25) is 0 Å². The fourth-order valence-electron chi connectivity index (χ4n) is 1.54. The lowest BCUT2D eigenvalue weighted by molar-refractivity contribution is 0.755. The molecule has 5 heteroatoms. The molecular weight excluding hydrogens is 214 g/mol. The molecule has 0 amide bonds. The van der Waals surface area contributed by atoms with Gasteiger partial charge in [-0.15, -0.1) is 0 Å². The molecule has 0 N–H and O–H groups in total. The van der Waals surface area contributed by atoms with Gasteiger partial charge in [-0.1, -0.05) is 0 Å². The third kappa shape index (κ3) is 2.42. The van der Waals surface area contributed by atoms with Crippen molar-refractivity contribution in [3.63, 3.8) is 0 Å². The summed E-state index contributed by atoms with van der Waals surface area (Å²) in [4.78, 5) is 10.4. The van der Waals surface area contributed by atoms with Crippen molar-refractivity contribution in [1.82, 2.24) is 14.5 Å². The average molecular weight is 227 g/mol. The topological polar surface area (TPSA) is 57.7 Å². The maximum Gasteiger partial charge on any atom is 0.129 e. The zero-order valence-electron chi connectivity index (χ0n) is 9.83. The van der Waals surface area contributed by atoms with Crippen molar-refractivity contribution in [1.29, 1.82) is 5.26 Å². The van der Waals surface area contributed by atoms with Crippen LogP contribution in [-0.2, 0) is 13.6 Å². The molecule has 2 aromatic heterocycles. The van der Waals surface area contributed by atoms with Gasteiger partial charge < -0.3 is 9.47 Å². The molecule has 0 aliphatic carbocycles. The quantitative estimate of drug-likeness (QED) is 0.793. The zero-order chi connectivity index (χ0) is 12.3. The minimum Gasteiger partial charge on any atom is -0.352 e. The molecule has 0 saturated heterocycles. The van der Waals surface area contributed by atoms with Gasteiger partial charge in [0.15, 0.2) is 0 Å². The van der Waals surface area contributed by atoms with Crippen molar-refractivity contribution < 1.29 is 0 Å². The molecule has 0 aromatic carbocycles. The second kappa shape index (κ2) is 4.66. The van der Waals surface area contributed by atoms with Crippen LogP contribution >= 0.6 is 0 Å². The van der Waals surface area contributed by atoms with Crippen LogP contribution in [0.5, 0.6) is 0 Å². The van der Waals surface area contributed by atoms with Gasteiger partial charge in [0.05, 0.1) is 18.2 Å². The number of nitrogens with zero attached hydrogens (tertiary/aromatic N) is 5. The summed E-state index contributed by atoms with van der Waals surface area (Å²) in [5.74, 6) is 1.73. The van der Waals surface area contributed by atoms with Crippen LogP contribution < -0.4 is 4.90 Å². The van der Waals surface area contributed by atoms with Gasteiger partial charge in [0.1, 0.15) is 11.6 Å². The van der Waals surface area contributed by atoms with Gasteiger partial charge in [-0.05, 0) is 12.1 Å². The first kappa shape index (κ1) is 11.1. The molecular formula is C12H13N5. The number of anilines is 1. The van der Waals surface area contributed by atoms with E-state index in [0.717, 1.165) is 11.6 Å². The smallest absolute Gasteiger partial charge is 0.129 e. The van der Waals surface area contributed by atoms with Gasteiger partial charge in [0, 0.05) is 32.7 Å². The summed E-state index contributed by atoms with van der Waals surface area (Å²) in [5, 5.41) is 8.83.